The molecule has 1 N–H and O–H groups in total. The SMILES string of the molecule is Cc1nc2sc3c(c2c(=O)n1NC(=O)c1ccc(Cn2cc([N+](=O)[O-])cn2)o1)CCC3. The van der Waals surface area contributed by atoms with Gasteiger partial charge < -0.3 is 4.42 Å². The van der Waals surface area contributed by atoms with Crippen LogP contribution in [0.3, 0.4) is 0 Å². The van der Waals surface area contributed by atoms with E-state index in [-0.39, 0.29) is 23.6 Å². The Kier molecular flexibility index (Phi) is 4.43. The van der Waals surface area contributed by atoms with Gasteiger partial charge in [-0.2, -0.15) is 5.10 Å². The Balaban J connectivity index is 1.39. The maximum atomic E-state index is 13.1. The van der Waals surface area contributed by atoms with Crippen molar-refractivity contribution in [3.05, 3.63) is 72.8 Å². The molecule has 0 saturated heterocycles. The molecule has 1 aliphatic rings. The number of thiophene rings is 1. The highest BCUT2D eigenvalue weighted by Gasteiger charge is 2.23. The van der Waals surface area contributed by atoms with Crippen LogP contribution >= 0.6 is 11.3 Å². The average molecular weight is 440 g/mol. The molecule has 0 bridgehead atoms. The summed E-state index contributed by atoms with van der Waals surface area (Å²) >= 11 is 1.54. The quantitative estimate of drug-likeness (QED) is 0.371. The van der Waals surface area contributed by atoms with Crippen LogP contribution in [0.2, 0.25) is 0 Å². The molecule has 0 atom stereocenters. The standard InChI is InChI=1S/C19H16N6O5S/c1-10-21-18-16(13-3-2-4-15(13)31-18)19(27)24(10)22-17(26)14-6-5-12(30-14)9-23-8-11(7-20-23)25(28)29/h5-8H,2-4,9H2,1H3,(H,22,26). The molecule has 5 rings (SSSR count). The fourth-order valence-corrected chi connectivity index (χ4v) is 5.01. The number of hydrogen-bond acceptors (Lipinski definition) is 8. The summed E-state index contributed by atoms with van der Waals surface area (Å²) in [4.78, 5) is 42.3. The maximum absolute atomic E-state index is 13.1. The molecule has 12 heteroatoms. The van der Waals surface area contributed by atoms with E-state index in [4.69, 9.17) is 4.42 Å². The second-order valence-electron chi connectivity index (χ2n) is 7.20. The minimum atomic E-state index is -0.601. The lowest BCUT2D eigenvalue weighted by molar-refractivity contribution is -0.385. The summed E-state index contributed by atoms with van der Waals surface area (Å²) < 4.78 is 8.02. The van der Waals surface area contributed by atoms with Crippen molar-refractivity contribution in [2.24, 2.45) is 0 Å². The van der Waals surface area contributed by atoms with E-state index in [1.807, 2.05) is 0 Å². The summed E-state index contributed by atoms with van der Waals surface area (Å²) in [6.07, 6.45) is 5.22. The van der Waals surface area contributed by atoms with Crippen LogP contribution in [0.25, 0.3) is 10.2 Å². The monoisotopic (exact) mass is 440 g/mol. The van der Waals surface area contributed by atoms with Gasteiger partial charge in [0.1, 0.15) is 28.8 Å². The van der Waals surface area contributed by atoms with Crippen molar-refractivity contribution in [1.29, 1.82) is 0 Å². The lowest BCUT2D eigenvalue weighted by Crippen LogP contribution is -2.35. The third-order valence-corrected chi connectivity index (χ3v) is 6.34. The third kappa shape index (κ3) is 3.30. The molecule has 11 nitrogen and oxygen atoms in total. The minimum absolute atomic E-state index is 0.00130. The molecule has 0 fully saturated rings. The number of carbonyl (C=O) groups is 1. The molecule has 4 aromatic rings. The van der Waals surface area contributed by atoms with Crippen LogP contribution in [0.15, 0.2) is 33.7 Å². The van der Waals surface area contributed by atoms with Gasteiger partial charge in [0.15, 0.2) is 5.76 Å². The van der Waals surface area contributed by atoms with Crippen LogP contribution in [0.5, 0.6) is 0 Å². The zero-order valence-corrected chi connectivity index (χ0v) is 17.1. The molecular formula is C19H16N6O5S. The normalized spacial score (nSPS) is 12.9. The second kappa shape index (κ2) is 7.16. The first-order valence-corrected chi connectivity index (χ1v) is 10.3. The van der Waals surface area contributed by atoms with Crippen LogP contribution in [-0.4, -0.2) is 30.3 Å². The Labute approximate surface area is 178 Å². The number of carbonyl (C=O) groups excluding carboxylic acids is 1. The number of furan rings is 1. The number of aromatic nitrogens is 4. The van der Waals surface area contributed by atoms with E-state index in [1.54, 1.807) is 24.3 Å². The first kappa shape index (κ1) is 19.2. The summed E-state index contributed by atoms with van der Waals surface area (Å²) in [6, 6.07) is 3.04. The van der Waals surface area contributed by atoms with Gasteiger partial charge in [-0.1, -0.05) is 0 Å². The van der Waals surface area contributed by atoms with E-state index in [1.165, 1.54) is 21.8 Å². The second-order valence-corrected chi connectivity index (χ2v) is 8.28. The van der Waals surface area contributed by atoms with Crippen LogP contribution in [0.1, 0.15) is 39.0 Å². The number of nitrogens with one attached hydrogen (secondary N) is 1. The largest absolute Gasteiger partial charge is 0.454 e. The molecular weight excluding hydrogens is 424 g/mol. The van der Waals surface area contributed by atoms with Gasteiger partial charge in [-0.25, -0.2) is 9.66 Å². The number of aryl methyl sites for hydroxylation is 3. The minimum Gasteiger partial charge on any atom is -0.454 e. The highest BCUT2D eigenvalue weighted by Crippen LogP contribution is 2.34. The summed E-state index contributed by atoms with van der Waals surface area (Å²) in [6.45, 7) is 1.78. The molecule has 0 aromatic carbocycles. The average Bonchev–Trinajstić information content (AvgIpc) is 3.49. The number of fused-ring (bicyclic) bond motifs is 3. The number of hydrogen-bond donors (Lipinski definition) is 1. The van der Waals surface area contributed by atoms with Gasteiger partial charge >= 0.3 is 11.6 Å². The van der Waals surface area contributed by atoms with E-state index < -0.39 is 10.8 Å². The summed E-state index contributed by atoms with van der Waals surface area (Å²) in [5.41, 5.74) is 3.17. The summed E-state index contributed by atoms with van der Waals surface area (Å²) in [5, 5.41) is 15.2. The molecule has 1 aliphatic carbocycles. The van der Waals surface area contributed by atoms with Crippen LogP contribution in [-0.2, 0) is 19.4 Å². The molecule has 1 amide bonds. The lowest BCUT2D eigenvalue weighted by atomic mass is 10.2. The first-order valence-electron chi connectivity index (χ1n) is 9.51. The zero-order valence-electron chi connectivity index (χ0n) is 16.3. The predicted octanol–water partition coefficient (Wildman–Crippen LogP) is 2.39. The molecule has 0 spiro atoms. The van der Waals surface area contributed by atoms with E-state index in [9.17, 15) is 19.7 Å². The highest BCUT2D eigenvalue weighted by atomic mass is 32.1. The van der Waals surface area contributed by atoms with E-state index in [0.717, 1.165) is 35.7 Å². The topological polar surface area (TPSA) is 138 Å². The van der Waals surface area contributed by atoms with Gasteiger partial charge in [0.2, 0.25) is 0 Å². The fourth-order valence-electron chi connectivity index (χ4n) is 3.71. The van der Waals surface area contributed by atoms with Crippen molar-refractivity contribution in [1.82, 2.24) is 19.4 Å². The van der Waals surface area contributed by atoms with Crippen molar-refractivity contribution in [3.8, 4) is 0 Å². The van der Waals surface area contributed by atoms with Crippen LogP contribution in [0, 0.1) is 17.0 Å². The van der Waals surface area contributed by atoms with E-state index in [2.05, 4.69) is 15.5 Å². The number of amides is 1. The van der Waals surface area contributed by atoms with Gasteiger partial charge in [-0.05, 0) is 43.9 Å². The molecule has 0 unspecified atom stereocenters. The Morgan fingerprint density at radius 2 is 2.23 bits per heavy atom. The predicted molar refractivity (Wildman–Crippen MR) is 111 cm³/mol. The molecule has 4 aromatic heterocycles. The number of nitro groups is 1. The van der Waals surface area contributed by atoms with Crippen molar-refractivity contribution in [3.63, 3.8) is 0 Å². The van der Waals surface area contributed by atoms with Gasteiger partial charge in [-0.3, -0.25) is 29.8 Å². The van der Waals surface area contributed by atoms with Crippen molar-refractivity contribution >= 4 is 33.1 Å². The van der Waals surface area contributed by atoms with E-state index in [0.29, 0.717) is 21.8 Å². The van der Waals surface area contributed by atoms with Gasteiger partial charge in [0.05, 0.1) is 16.9 Å². The molecule has 4 heterocycles. The first-order chi connectivity index (χ1) is 14.9. The molecule has 0 radical (unpaired) electrons. The van der Waals surface area contributed by atoms with Gasteiger partial charge in [0, 0.05) is 4.88 Å². The van der Waals surface area contributed by atoms with Crippen molar-refractivity contribution in [2.45, 2.75) is 32.7 Å². The molecule has 31 heavy (non-hydrogen) atoms. The lowest BCUT2D eigenvalue weighted by Gasteiger charge is -2.10. The maximum Gasteiger partial charge on any atom is 0.307 e. The molecule has 0 aliphatic heterocycles. The molecule has 0 saturated carbocycles. The number of nitrogens with zero attached hydrogens (tertiary/aromatic N) is 5. The summed E-state index contributed by atoms with van der Waals surface area (Å²) in [5.74, 6) is 0.160. The Morgan fingerprint density at radius 1 is 1.39 bits per heavy atom. The summed E-state index contributed by atoms with van der Waals surface area (Å²) in [7, 11) is 0. The Hall–Kier alpha value is -3.80. The van der Waals surface area contributed by atoms with E-state index >= 15 is 0 Å². The van der Waals surface area contributed by atoms with Gasteiger partial charge in [0.25, 0.3) is 5.56 Å². The fraction of sp³-hybridized carbons (Fsp3) is 0.263. The van der Waals surface area contributed by atoms with Crippen LogP contribution < -0.4 is 11.0 Å². The highest BCUT2D eigenvalue weighted by molar-refractivity contribution is 7.18. The Bertz CT molecular complexity index is 1410. The van der Waals surface area contributed by atoms with Crippen molar-refractivity contribution in [2.75, 3.05) is 5.43 Å². The number of rotatable bonds is 5. The van der Waals surface area contributed by atoms with Crippen molar-refractivity contribution < 1.29 is 14.1 Å². The van der Waals surface area contributed by atoms with Crippen LogP contribution in [0.4, 0.5) is 5.69 Å². The smallest absolute Gasteiger partial charge is 0.307 e. The van der Waals surface area contributed by atoms with Gasteiger partial charge in [-0.15, -0.1) is 11.3 Å². The molecule has 158 valence electrons. The zero-order chi connectivity index (χ0) is 21.7. The third-order valence-electron chi connectivity index (χ3n) is 5.15. The Morgan fingerprint density at radius 3 is 3.00 bits per heavy atom.